The monoisotopic (exact) mass is 185 g/mol. The van der Waals surface area contributed by atoms with Crippen LogP contribution in [-0.2, 0) is 4.79 Å². The zero-order valence-corrected chi connectivity index (χ0v) is 8.63. The first-order valence-electron chi connectivity index (χ1n) is 4.73. The molecule has 1 amide bonds. The van der Waals surface area contributed by atoms with Crippen LogP contribution in [-0.4, -0.2) is 43.0 Å². The molecule has 0 saturated carbocycles. The van der Waals surface area contributed by atoms with Crippen molar-refractivity contribution in [1.29, 1.82) is 0 Å². The van der Waals surface area contributed by atoms with Crippen LogP contribution < -0.4 is 11.1 Å². The molecule has 0 aliphatic carbocycles. The van der Waals surface area contributed by atoms with E-state index in [0.29, 0.717) is 6.54 Å². The first-order chi connectivity index (χ1) is 6.01. The predicted molar refractivity (Wildman–Crippen MR) is 52.3 cm³/mol. The second-order valence-electron chi connectivity index (χ2n) is 4.04. The Morgan fingerprint density at radius 3 is 2.54 bits per heavy atom. The van der Waals surface area contributed by atoms with Gasteiger partial charge in [0.05, 0.1) is 0 Å². The van der Waals surface area contributed by atoms with Crippen molar-refractivity contribution in [3.63, 3.8) is 0 Å². The van der Waals surface area contributed by atoms with Crippen LogP contribution in [0.3, 0.4) is 0 Å². The van der Waals surface area contributed by atoms with Crippen LogP contribution in [0.2, 0.25) is 0 Å². The minimum atomic E-state index is -0.502. The quantitative estimate of drug-likeness (QED) is 0.604. The maximum absolute atomic E-state index is 11.5. The molecule has 4 heteroatoms. The molecule has 1 unspecified atom stereocenters. The van der Waals surface area contributed by atoms with Gasteiger partial charge in [0.25, 0.3) is 0 Å². The fourth-order valence-corrected chi connectivity index (χ4v) is 2.06. The highest BCUT2D eigenvalue weighted by Gasteiger charge is 2.44. The maximum atomic E-state index is 11.5. The number of piperazine rings is 1. The SMILES string of the molecule is CC(C)C1(C(N)=O)CNCCN1C. The summed E-state index contributed by atoms with van der Waals surface area (Å²) in [6, 6.07) is 0. The number of hydrogen-bond acceptors (Lipinski definition) is 3. The molecule has 1 heterocycles. The van der Waals surface area contributed by atoms with Crippen molar-refractivity contribution in [2.45, 2.75) is 19.4 Å². The molecule has 13 heavy (non-hydrogen) atoms. The van der Waals surface area contributed by atoms with Crippen molar-refractivity contribution in [1.82, 2.24) is 10.2 Å². The summed E-state index contributed by atoms with van der Waals surface area (Å²) >= 11 is 0. The third kappa shape index (κ3) is 1.56. The Hall–Kier alpha value is -0.610. The Morgan fingerprint density at radius 2 is 2.23 bits per heavy atom. The van der Waals surface area contributed by atoms with E-state index >= 15 is 0 Å². The minimum absolute atomic E-state index is 0.225. The molecule has 3 N–H and O–H groups in total. The van der Waals surface area contributed by atoms with Crippen molar-refractivity contribution in [3.05, 3.63) is 0 Å². The highest BCUT2D eigenvalue weighted by atomic mass is 16.1. The molecular weight excluding hydrogens is 166 g/mol. The van der Waals surface area contributed by atoms with E-state index in [9.17, 15) is 4.79 Å². The number of primary amides is 1. The number of carbonyl (C=O) groups is 1. The summed E-state index contributed by atoms with van der Waals surface area (Å²) in [6.07, 6.45) is 0. The van der Waals surface area contributed by atoms with Crippen LogP contribution in [0.15, 0.2) is 0 Å². The number of nitrogens with zero attached hydrogens (tertiary/aromatic N) is 1. The second-order valence-corrected chi connectivity index (χ2v) is 4.04. The standard InChI is InChI=1S/C9H19N3O/c1-7(2)9(8(10)13)6-11-4-5-12(9)3/h7,11H,4-6H2,1-3H3,(H2,10,13). The molecule has 0 bridgehead atoms. The Bertz CT molecular complexity index is 205. The predicted octanol–water partition coefficient (Wildman–Crippen LogP) is -0.598. The lowest BCUT2D eigenvalue weighted by Gasteiger charge is -2.45. The lowest BCUT2D eigenvalue weighted by atomic mass is 9.82. The summed E-state index contributed by atoms with van der Waals surface area (Å²) < 4.78 is 0. The van der Waals surface area contributed by atoms with Gasteiger partial charge in [-0.3, -0.25) is 9.69 Å². The fraction of sp³-hybridized carbons (Fsp3) is 0.889. The van der Waals surface area contributed by atoms with Gasteiger partial charge in [-0.25, -0.2) is 0 Å². The van der Waals surface area contributed by atoms with Gasteiger partial charge < -0.3 is 11.1 Å². The average Bonchev–Trinajstić information content (AvgIpc) is 2.04. The summed E-state index contributed by atoms with van der Waals surface area (Å²) in [7, 11) is 1.96. The van der Waals surface area contributed by atoms with Gasteiger partial charge in [-0.15, -0.1) is 0 Å². The Balaban J connectivity index is 2.93. The van der Waals surface area contributed by atoms with Gasteiger partial charge in [-0.1, -0.05) is 13.8 Å². The fourth-order valence-electron chi connectivity index (χ4n) is 2.06. The number of carbonyl (C=O) groups excluding carboxylic acids is 1. The first kappa shape index (κ1) is 10.5. The van der Waals surface area contributed by atoms with E-state index in [-0.39, 0.29) is 11.8 Å². The molecule has 1 rings (SSSR count). The van der Waals surface area contributed by atoms with Gasteiger partial charge in [-0.2, -0.15) is 0 Å². The van der Waals surface area contributed by atoms with E-state index in [1.54, 1.807) is 0 Å². The smallest absolute Gasteiger partial charge is 0.239 e. The van der Waals surface area contributed by atoms with Crippen molar-refractivity contribution in [2.75, 3.05) is 26.7 Å². The number of nitrogens with two attached hydrogens (primary N) is 1. The van der Waals surface area contributed by atoms with E-state index in [2.05, 4.69) is 10.2 Å². The molecule has 4 nitrogen and oxygen atoms in total. The second kappa shape index (κ2) is 3.64. The highest BCUT2D eigenvalue weighted by Crippen LogP contribution is 2.24. The van der Waals surface area contributed by atoms with Gasteiger partial charge in [0.2, 0.25) is 5.91 Å². The lowest BCUT2D eigenvalue weighted by molar-refractivity contribution is -0.133. The molecule has 1 aliphatic heterocycles. The van der Waals surface area contributed by atoms with Crippen LogP contribution in [0.25, 0.3) is 0 Å². The Kier molecular flexibility index (Phi) is 2.93. The molecule has 1 atom stereocenters. The number of hydrogen-bond donors (Lipinski definition) is 2. The molecule has 0 aromatic rings. The molecule has 76 valence electrons. The molecule has 0 spiro atoms. The van der Waals surface area contributed by atoms with Crippen LogP contribution >= 0.6 is 0 Å². The van der Waals surface area contributed by atoms with Crippen molar-refractivity contribution in [2.24, 2.45) is 11.7 Å². The molecule has 0 radical (unpaired) electrons. The van der Waals surface area contributed by atoms with Gasteiger partial charge >= 0.3 is 0 Å². The van der Waals surface area contributed by atoms with Crippen LogP contribution in [0.1, 0.15) is 13.8 Å². The maximum Gasteiger partial charge on any atom is 0.239 e. The van der Waals surface area contributed by atoms with Crippen LogP contribution in [0.4, 0.5) is 0 Å². The summed E-state index contributed by atoms with van der Waals surface area (Å²) in [6.45, 7) is 6.54. The van der Waals surface area contributed by atoms with Gasteiger partial charge in [0, 0.05) is 19.6 Å². The van der Waals surface area contributed by atoms with Gasteiger partial charge in [-0.05, 0) is 13.0 Å². The normalized spacial score (nSPS) is 30.8. The third-order valence-corrected chi connectivity index (χ3v) is 3.08. The van der Waals surface area contributed by atoms with Crippen LogP contribution in [0, 0.1) is 5.92 Å². The first-order valence-corrected chi connectivity index (χ1v) is 4.73. The van der Waals surface area contributed by atoms with E-state index < -0.39 is 5.54 Å². The highest BCUT2D eigenvalue weighted by molar-refractivity contribution is 5.85. The number of amides is 1. The number of nitrogens with one attached hydrogen (secondary N) is 1. The summed E-state index contributed by atoms with van der Waals surface area (Å²) in [5.74, 6) is 0.0139. The van der Waals surface area contributed by atoms with Crippen molar-refractivity contribution in [3.8, 4) is 0 Å². The molecule has 1 aliphatic rings. The largest absolute Gasteiger partial charge is 0.368 e. The van der Waals surface area contributed by atoms with Crippen molar-refractivity contribution >= 4 is 5.91 Å². The summed E-state index contributed by atoms with van der Waals surface area (Å²) in [5, 5.41) is 3.23. The van der Waals surface area contributed by atoms with E-state index in [0.717, 1.165) is 13.1 Å². The minimum Gasteiger partial charge on any atom is -0.368 e. The third-order valence-electron chi connectivity index (χ3n) is 3.08. The molecule has 1 saturated heterocycles. The number of rotatable bonds is 2. The molecule has 0 aromatic heterocycles. The Labute approximate surface area is 79.5 Å². The summed E-state index contributed by atoms with van der Waals surface area (Å²) in [5.41, 5.74) is 4.97. The van der Waals surface area contributed by atoms with Crippen LogP contribution in [0.5, 0.6) is 0 Å². The molecular formula is C9H19N3O. The number of likely N-dealkylation sites (N-methyl/N-ethyl adjacent to an activating group) is 1. The topological polar surface area (TPSA) is 58.4 Å². The van der Waals surface area contributed by atoms with E-state index in [1.165, 1.54) is 0 Å². The average molecular weight is 185 g/mol. The molecule has 1 fully saturated rings. The summed E-state index contributed by atoms with van der Waals surface area (Å²) in [4.78, 5) is 13.5. The van der Waals surface area contributed by atoms with Crippen molar-refractivity contribution < 1.29 is 4.79 Å². The van der Waals surface area contributed by atoms with E-state index in [4.69, 9.17) is 5.73 Å². The Morgan fingerprint density at radius 1 is 1.62 bits per heavy atom. The lowest BCUT2D eigenvalue weighted by Crippen LogP contribution is -2.68. The molecule has 0 aromatic carbocycles. The van der Waals surface area contributed by atoms with E-state index in [1.807, 2.05) is 20.9 Å². The van der Waals surface area contributed by atoms with Gasteiger partial charge in [0.15, 0.2) is 0 Å². The zero-order valence-electron chi connectivity index (χ0n) is 8.63. The zero-order chi connectivity index (χ0) is 10.1. The van der Waals surface area contributed by atoms with Gasteiger partial charge in [0.1, 0.15) is 5.54 Å².